The highest BCUT2D eigenvalue weighted by molar-refractivity contribution is 7.89. The van der Waals surface area contributed by atoms with Gasteiger partial charge in [-0.1, -0.05) is 0 Å². The molecule has 0 aromatic rings. The van der Waals surface area contributed by atoms with E-state index in [0.717, 1.165) is 0 Å². The summed E-state index contributed by atoms with van der Waals surface area (Å²) >= 11 is 0. The van der Waals surface area contributed by atoms with Crippen molar-refractivity contribution in [1.82, 2.24) is 9.62 Å². The number of amides is 1. The van der Waals surface area contributed by atoms with Crippen LogP contribution in [0.2, 0.25) is 0 Å². The number of piperazine rings is 1. The van der Waals surface area contributed by atoms with E-state index < -0.39 is 15.6 Å². The van der Waals surface area contributed by atoms with Crippen LogP contribution in [0.4, 0.5) is 0 Å². The lowest BCUT2D eigenvalue weighted by Gasteiger charge is -2.39. The molecule has 0 aromatic heterocycles. The maximum atomic E-state index is 12.1. The molecule has 0 atom stereocenters. The number of nitrogens with one attached hydrogen (secondary N) is 1. The summed E-state index contributed by atoms with van der Waals surface area (Å²) in [6, 6.07) is 0. The monoisotopic (exact) mass is 263 g/mol. The van der Waals surface area contributed by atoms with Crippen molar-refractivity contribution in [2.24, 2.45) is 5.73 Å². The summed E-state index contributed by atoms with van der Waals surface area (Å²) in [7, 11) is -3.38. The molecule has 0 saturated carbocycles. The third kappa shape index (κ3) is 3.17. The number of carbonyl (C=O) groups is 1. The smallest absolute Gasteiger partial charge is 0.241 e. The van der Waals surface area contributed by atoms with Crippen LogP contribution in [0.25, 0.3) is 0 Å². The van der Waals surface area contributed by atoms with Crippen LogP contribution < -0.4 is 11.1 Å². The molecule has 1 fully saturated rings. The van der Waals surface area contributed by atoms with Gasteiger partial charge in [-0.05, 0) is 33.2 Å². The Labute approximate surface area is 103 Å². The molecule has 0 aliphatic carbocycles. The summed E-state index contributed by atoms with van der Waals surface area (Å²) in [5.74, 6) is -0.188. The first-order valence-corrected chi connectivity index (χ1v) is 7.42. The highest BCUT2D eigenvalue weighted by atomic mass is 32.2. The first-order chi connectivity index (χ1) is 7.82. The van der Waals surface area contributed by atoms with Gasteiger partial charge < -0.3 is 11.1 Å². The molecular formula is C10H21N3O3S. The molecule has 17 heavy (non-hydrogen) atoms. The third-order valence-corrected chi connectivity index (χ3v) is 5.09. The Morgan fingerprint density at radius 1 is 1.41 bits per heavy atom. The number of hydrogen-bond donors (Lipinski definition) is 2. The quantitative estimate of drug-likeness (QED) is 0.639. The number of nitrogens with two attached hydrogens (primary N) is 1. The van der Waals surface area contributed by atoms with Crippen LogP contribution in [0.3, 0.4) is 0 Å². The Morgan fingerprint density at radius 3 is 2.65 bits per heavy atom. The van der Waals surface area contributed by atoms with Crippen LogP contribution in [0.5, 0.6) is 0 Å². The molecule has 1 aliphatic rings. The SMILES string of the molecule is CC1(C)C(=O)NCCN1S(=O)(=O)CCCCN. The Hall–Kier alpha value is -0.660. The van der Waals surface area contributed by atoms with Crippen LogP contribution >= 0.6 is 0 Å². The second-order valence-electron chi connectivity index (χ2n) is 4.70. The van der Waals surface area contributed by atoms with E-state index in [0.29, 0.717) is 32.5 Å². The molecule has 0 aromatic carbocycles. The van der Waals surface area contributed by atoms with Gasteiger partial charge in [-0.15, -0.1) is 0 Å². The molecular weight excluding hydrogens is 242 g/mol. The van der Waals surface area contributed by atoms with Crippen LogP contribution in [-0.2, 0) is 14.8 Å². The lowest BCUT2D eigenvalue weighted by Crippen LogP contribution is -2.63. The van der Waals surface area contributed by atoms with Gasteiger partial charge in [0.1, 0.15) is 5.54 Å². The fourth-order valence-corrected chi connectivity index (χ4v) is 3.84. The normalized spacial score (nSPS) is 21.2. The lowest BCUT2D eigenvalue weighted by atomic mass is 10.0. The van der Waals surface area contributed by atoms with E-state index in [4.69, 9.17) is 5.73 Å². The predicted molar refractivity (Wildman–Crippen MR) is 65.9 cm³/mol. The van der Waals surface area contributed by atoms with Crippen molar-refractivity contribution in [2.45, 2.75) is 32.2 Å². The van der Waals surface area contributed by atoms with E-state index in [1.165, 1.54) is 4.31 Å². The number of rotatable bonds is 5. The van der Waals surface area contributed by atoms with E-state index in [1.807, 2.05) is 0 Å². The van der Waals surface area contributed by atoms with Crippen molar-refractivity contribution in [3.63, 3.8) is 0 Å². The summed E-state index contributed by atoms with van der Waals surface area (Å²) in [5.41, 5.74) is 4.34. The minimum Gasteiger partial charge on any atom is -0.353 e. The molecule has 1 rings (SSSR count). The summed E-state index contributed by atoms with van der Waals surface area (Å²) in [5, 5.41) is 2.68. The number of carbonyl (C=O) groups excluding carboxylic acids is 1. The van der Waals surface area contributed by atoms with Crippen molar-refractivity contribution in [3.05, 3.63) is 0 Å². The van der Waals surface area contributed by atoms with Gasteiger partial charge in [-0.2, -0.15) is 4.31 Å². The minimum absolute atomic E-state index is 0.0565. The van der Waals surface area contributed by atoms with Gasteiger partial charge in [-0.25, -0.2) is 8.42 Å². The van der Waals surface area contributed by atoms with Crippen molar-refractivity contribution < 1.29 is 13.2 Å². The van der Waals surface area contributed by atoms with Crippen LogP contribution in [0.1, 0.15) is 26.7 Å². The molecule has 0 bridgehead atoms. The van der Waals surface area contributed by atoms with Gasteiger partial charge in [0.25, 0.3) is 0 Å². The van der Waals surface area contributed by atoms with Crippen molar-refractivity contribution >= 4 is 15.9 Å². The topological polar surface area (TPSA) is 92.5 Å². The first-order valence-electron chi connectivity index (χ1n) is 5.81. The molecule has 0 spiro atoms. The van der Waals surface area contributed by atoms with E-state index in [-0.39, 0.29) is 11.7 Å². The second kappa shape index (κ2) is 5.32. The number of hydrogen-bond acceptors (Lipinski definition) is 4. The lowest BCUT2D eigenvalue weighted by molar-refractivity contribution is -0.131. The van der Waals surface area contributed by atoms with Crippen molar-refractivity contribution in [3.8, 4) is 0 Å². The maximum Gasteiger partial charge on any atom is 0.241 e. The Bertz CT molecular complexity index is 378. The van der Waals surface area contributed by atoms with E-state index in [9.17, 15) is 13.2 Å². The zero-order valence-corrected chi connectivity index (χ0v) is 11.2. The summed E-state index contributed by atoms with van der Waals surface area (Å²) in [6.07, 6.45) is 1.22. The molecule has 6 nitrogen and oxygen atoms in total. The third-order valence-electron chi connectivity index (χ3n) is 2.97. The summed E-state index contributed by atoms with van der Waals surface area (Å²) < 4.78 is 25.6. The van der Waals surface area contributed by atoms with Gasteiger partial charge in [-0.3, -0.25) is 4.79 Å². The molecule has 0 radical (unpaired) electrons. The Balaban J connectivity index is 2.79. The standard InChI is InChI=1S/C10H21N3O3S/c1-10(2)9(14)12-6-7-13(10)17(15,16)8-4-3-5-11/h3-8,11H2,1-2H3,(H,12,14). The Kier molecular flexibility index (Phi) is 4.51. The van der Waals surface area contributed by atoms with E-state index in [1.54, 1.807) is 13.8 Å². The molecule has 1 saturated heterocycles. The van der Waals surface area contributed by atoms with Gasteiger partial charge in [0, 0.05) is 13.1 Å². The minimum atomic E-state index is -3.38. The average Bonchev–Trinajstić information content (AvgIpc) is 2.22. The molecule has 1 aliphatic heterocycles. The highest BCUT2D eigenvalue weighted by Crippen LogP contribution is 2.22. The van der Waals surface area contributed by atoms with Gasteiger partial charge in [0.2, 0.25) is 15.9 Å². The zero-order valence-electron chi connectivity index (χ0n) is 10.4. The average molecular weight is 263 g/mol. The molecule has 7 heteroatoms. The molecule has 3 N–H and O–H groups in total. The highest BCUT2D eigenvalue weighted by Gasteiger charge is 2.43. The summed E-state index contributed by atoms with van der Waals surface area (Å²) in [4.78, 5) is 11.7. The fraction of sp³-hybridized carbons (Fsp3) is 0.900. The van der Waals surface area contributed by atoms with Crippen LogP contribution in [0.15, 0.2) is 0 Å². The summed E-state index contributed by atoms with van der Waals surface area (Å²) in [6.45, 7) is 4.45. The maximum absolute atomic E-state index is 12.1. The number of unbranched alkanes of at least 4 members (excludes halogenated alkanes) is 1. The second-order valence-corrected chi connectivity index (χ2v) is 6.71. The van der Waals surface area contributed by atoms with Gasteiger partial charge in [0.15, 0.2) is 0 Å². The molecule has 100 valence electrons. The first kappa shape index (κ1) is 14.4. The molecule has 1 amide bonds. The van der Waals surface area contributed by atoms with E-state index >= 15 is 0 Å². The van der Waals surface area contributed by atoms with Crippen LogP contribution in [0, 0.1) is 0 Å². The number of nitrogens with zero attached hydrogens (tertiary/aromatic N) is 1. The zero-order chi connectivity index (χ0) is 13.1. The number of sulfonamides is 1. The van der Waals surface area contributed by atoms with Gasteiger partial charge in [0.05, 0.1) is 5.75 Å². The van der Waals surface area contributed by atoms with Crippen LogP contribution in [-0.4, -0.2) is 49.6 Å². The van der Waals surface area contributed by atoms with Gasteiger partial charge >= 0.3 is 0 Å². The largest absolute Gasteiger partial charge is 0.353 e. The van der Waals surface area contributed by atoms with Crippen molar-refractivity contribution in [1.29, 1.82) is 0 Å². The molecule has 1 heterocycles. The fourth-order valence-electron chi connectivity index (χ4n) is 1.91. The predicted octanol–water partition coefficient (Wildman–Crippen LogP) is -0.734. The molecule has 0 unspecified atom stereocenters. The van der Waals surface area contributed by atoms with Crippen molar-refractivity contribution in [2.75, 3.05) is 25.4 Å². The Morgan fingerprint density at radius 2 is 2.06 bits per heavy atom. The van der Waals surface area contributed by atoms with E-state index in [2.05, 4.69) is 5.32 Å².